The van der Waals surface area contributed by atoms with E-state index in [-0.39, 0.29) is 18.4 Å². The Labute approximate surface area is 147 Å². The van der Waals surface area contributed by atoms with Gasteiger partial charge in [0.15, 0.2) is 11.5 Å². The van der Waals surface area contributed by atoms with E-state index in [9.17, 15) is 0 Å². The van der Waals surface area contributed by atoms with Gasteiger partial charge in [0.05, 0.1) is 20.3 Å². The maximum Gasteiger partial charge on any atom is 0.161 e. The zero-order valence-corrected chi connectivity index (χ0v) is 14.6. The molecule has 1 aliphatic rings. The summed E-state index contributed by atoms with van der Waals surface area (Å²) in [6.07, 6.45) is 1.04. The summed E-state index contributed by atoms with van der Waals surface area (Å²) in [7, 11) is 3.33. The maximum atomic E-state index is 5.45. The first-order valence-electron chi connectivity index (χ1n) is 7.86. The van der Waals surface area contributed by atoms with E-state index < -0.39 is 0 Å². The molecule has 0 aliphatic carbocycles. The van der Waals surface area contributed by atoms with Crippen LogP contribution < -0.4 is 14.8 Å². The zero-order chi connectivity index (χ0) is 15.8. The Kier molecular flexibility index (Phi) is 4.69. The van der Waals surface area contributed by atoms with Crippen LogP contribution in [-0.2, 0) is 6.42 Å². The van der Waals surface area contributed by atoms with E-state index in [1.807, 2.05) is 6.07 Å². The van der Waals surface area contributed by atoms with E-state index in [1.165, 1.54) is 27.7 Å². The van der Waals surface area contributed by atoms with Crippen molar-refractivity contribution in [2.75, 3.05) is 20.8 Å². The Morgan fingerprint density at radius 2 is 1.79 bits per heavy atom. The molecule has 2 heterocycles. The highest BCUT2D eigenvalue weighted by atomic mass is 35.5. The molecular weight excluding hydrogens is 324 g/mol. The molecule has 0 bridgehead atoms. The number of benzene rings is 2. The van der Waals surface area contributed by atoms with E-state index in [4.69, 9.17) is 9.47 Å². The minimum absolute atomic E-state index is 0. The summed E-state index contributed by atoms with van der Waals surface area (Å²) in [4.78, 5) is 3.60. The van der Waals surface area contributed by atoms with Crippen molar-refractivity contribution in [3.8, 4) is 11.5 Å². The van der Waals surface area contributed by atoms with Crippen molar-refractivity contribution >= 4 is 23.3 Å². The summed E-state index contributed by atoms with van der Waals surface area (Å²) >= 11 is 0. The molecule has 0 spiro atoms. The highest BCUT2D eigenvalue weighted by Crippen LogP contribution is 2.36. The average molecular weight is 345 g/mol. The summed E-state index contributed by atoms with van der Waals surface area (Å²) in [5, 5.41) is 4.94. The topological polar surface area (TPSA) is 46.3 Å². The quantitative estimate of drug-likeness (QED) is 0.758. The molecule has 24 heavy (non-hydrogen) atoms. The highest BCUT2D eigenvalue weighted by Gasteiger charge is 2.25. The van der Waals surface area contributed by atoms with Crippen molar-refractivity contribution in [1.82, 2.24) is 10.3 Å². The van der Waals surface area contributed by atoms with E-state index in [2.05, 4.69) is 46.7 Å². The first kappa shape index (κ1) is 16.7. The Bertz CT molecular complexity index is 860. The monoisotopic (exact) mass is 344 g/mol. The first-order valence-corrected chi connectivity index (χ1v) is 7.86. The molecule has 0 saturated heterocycles. The minimum atomic E-state index is 0. The number of halogens is 1. The summed E-state index contributed by atoms with van der Waals surface area (Å²) in [6, 6.07) is 14.8. The van der Waals surface area contributed by atoms with Crippen molar-refractivity contribution in [1.29, 1.82) is 0 Å². The molecule has 1 unspecified atom stereocenters. The van der Waals surface area contributed by atoms with Crippen LogP contribution in [0.1, 0.15) is 22.9 Å². The fraction of sp³-hybridized carbons (Fsp3) is 0.263. The summed E-state index contributed by atoms with van der Waals surface area (Å²) < 4.78 is 10.8. The summed E-state index contributed by atoms with van der Waals surface area (Å²) in [5.41, 5.74) is 5.05. The van der Waals surface area contributed by atoms with Gasteiger partial charge in [-0.2, -0.15) is 0 Å². The van der Waals surface area contributed by atoms with Crippen LogP contribution in [-0.4, -0.2) is 25.7 Å². The molecule has 5 heteroatoms. The predicted molar refractivity (Wildman–Crippen MR) is 98.6 cm³/mol. The lowest BCUT2D eigenvalue weighted by Gasteiger charge is -2.25. The molecule has 2 N–H and O–H groups in total. The van der Waals surface area contributed by atoms with Crippen molar-refractivity contribution in [2.45, 2.75) is 12.5 Å². The van der Waals surface area contributed by atoms with Crippen LogP contribution in [0.3, 0.4) is 0 Å². The second kappa shape index (κ2) is 6.75. The normalized spacial score (nSPS) is 16.3. The summed E-state index contributed by atoms with van der Waals surface area (Å²) in [5.74, 6) is 1.51. The van der Waals surface area contributed by atoms with Crippen LogP contribution in [0.5, 0.6) is 11.5 Å². The third kappa shape index (κ3) is 2.62. The van der Waals surface area contributed by atoms with Gasteiger partial charge in [0.1, 0.15) is 0 Å². The number of para-hydroxylation sites is 1. The van der Waals surface area contributed by atoms with Gasteiger partial charge in [-0.15, -0.1) is 12.4 Å². The van der Waals surface area contributed by atoms with Gasteiger partial charge >= 0.3 is 0 Å². The number of aromatic amines is 1. The summed E-state index contributed by atoms with van der Waals surface area (Å²) in [6.45, 7) is 0.966. The van der Waals surface area contributed by atoms with Gasteiger partial charge < -0.3 is 19.8 Å². The number of fused-ring (bicyclic) bond motifs is 3. The molecule has 3 aromatic rings. The average Bonchev–Trinajstić information content (AvgIpc) is 3.00. The van der Waals surface area contributed by atoms with Gasteiger partial charge in [-0.05, 0) is 35.7 Å². The van der Waals surface area contributed by atoms with Crippen LogP contribution in [0, 0.1) is 0 Å². The van der Waals surface area contributed by atoms with Gasteiger partial charge in [-0.3, -0.25) is 0 Å². The van der Waals surface area contributed by atoms with Crippen LogP contribution in [0.2, 0.25) is 0 Å². The molecule has 1 aliphatic heterocycles. The SMILES string of the molecule is COc1ccc(C2NCCc3c2[nH]c2ccccc32)cc1OC.Cl. The number of aromatic nitrogens is 1. The number of hydrogen-bond donors (Lipinski definition) is 2. The molecular formula is C19H21ClN2O2. The number of nitrogens with one attached hydrogen (secondary N) is 2. The van der Waals surface area contributed by atoms with Gasteiger partial charge in [0.25, 0.3) is 0 Å². The van der Waals surface area contributed by atoms with Crippen LogP contribution >= 0.6 is 12.4 Å². The number of hydrogen-bond acceptors (Lipinski definition) is 3. The van der Waals surface area contributed by atoms with Crippen LogP contribution in [0.4, 0.5) is 0 Å². The molecule has 0 saturated carbocycles. The Morgan fingerprint density at radius 3 is 2.58 bits per heavy atom. The van der Waals surface area contributed by atoms with Gasteiger partial charge in [-0.1, -0.05) is 24.3 Å². The molecule has 1 aromatic heterocycles. The van der Waals surface area contributed by atoms with Crippen molar-refractivity contribution < 1.29 is 9.47 Å². The maximum absolute atomic E-state index is 5.45. The largest absolute Gasteiger partial charge is 0.493 e. The molecule has 4 rings (SSSR count). The molecule has 4 nitrogen and oxygen atoms in total. The van der Waals surface area contributed by atoms with Gasteiger partial charge in [-0.25, -0.2) is 0 Å². The minimum Gasteiger partial charge on any atom is -0.493 e. The van der Waals surface area contributed by atoms with Gasteiger partial charge in [0, 0.05) is 23.1 Å². The predicted octanol–water partition coefficient (Wildman–Crippen LogP) is 3.84. The second-order valence-electron chi connectivity index (χ2n) is 5.81. The number of rotatable bonds is 3. The number of H-pyrrole nitrogens is 1. The smallest absolute Gasteiger partial charge is 0.161 e. The second-order valence-corrected chi connectivity index (χ2v) is 5.81. The van der Waals surface area contributed by atoms with Crippen molar-refractivity contribution in [3.05, 3.63) is 59.3 Å². The molecule has 126 valence electrons. The van der Waals surface area contributed by atoms with Crippen LogP contribution in [0.25, 0.3) is 10.9 Å². The molecule has 2 aromatic carbocycles. The van der Waals surface area contributed by atoms with E-state index in [1.54, 1.807) is 14.2 Å². The van der Waals surface area contributed by atoms with E-state index in [0.29, 0.717) is 0 Å². The zero-order valence-electron chi connectivity index (χ0n) is 13.8. The molecule has 0 fully saturated rings. The molecule has 1 atom stereocenters. The van der Waals surface area contributed by atoms with E-state index >= 15 is 0 Å². The third-order valence-corrected chi connectivity index (χ3v) is 4.60. The van der Waals surface area contributed by atoms with Crippen LogP contribution in [0.15, 0.2) is 42.5 Å². The molecule has 0 radical (unpaired) electrons. The van der Waals surface area contributed by atoms with Crippen molar-refractivity contribution in [2.24, 2.45) is 0 Å². The fourth-order valence-electron chi connectivity index (χ4n) is 3.50. The molecule has 0 amide bonds. The Hall–Kier alpha value is -2.17. The van der Waals surface area contributed by atoms with Gasteiger partial charge in [0.2, 0.25) is 0 Å². The lowest BCUT2D eigenvalue weighted by atomic mass is 9.94. The fourth-order valence-corrected chi connectivity index (χ4v) is 3.50. The lowest BCUT2D eigenvalue weighted by Crippen LogP contribution is -2.30. The Balaban J connectivity index is 0.00000169. The number of ether oxygens (including phenoxy) is 2. The lowest BCUT2D eigenvalue weighted by molar-refractivity contribution is 0.354. The van der Waals surface area contributed by atoms with Crippen molar-refractivity contribution in [3.63, 3.8) is 0 Å². The third-order valence-electron chi connectivity index (χ3n) is 4.60. The highest BCUT2D eigenvalue weighted by molar-refractivity contribution is 5.85. The van der Waals surface area contributed by atoms with E-state index in [0.717, 1.165) is 24.5 Å². The standard InChI is InChI=1S/C19H20N2O2.ClH/c1-22-16-8-7-12(11-17(16)23-2)18-19-14(9-10-20-18)13-5-3-4-6-15(13)21-19;/h3-8,11,18,20-21H,9-10H2,1-2H3;1H. The Morgan fingerprint density at radius 1 is 1.00 bits per heavy atom. The first-order chi connectivity index (χ1) is 11.3. The number of methoxy groups -OCH3 is 2.